The van der Waals surface area contributed by atoms with Crippen molar-refractivity contribution in [2.24, 2.45) is 0 Å². The van der Waals surface area contributed by atoms with Gasteiger partial charge in [0.1, 0.15) is 5.75 Å². The van der Waals surface area contributed by atoms with Gasteiger partial charge in [0.15, 0.2) is 5.10 Å². The van der Waals surface area contributed by atoms with Gasteiger partial charge in [0, 0.05) is 11.5 Å². The standard InChI is InChI=1S/C9H9NOPS3/c10-7-8-1-3-9(4-2-8)11-12(13)14-5-6-15-12/h1-4,13H,5-6H2. The minimum Gasteiger partial charge on any atom is -0.452 e. The fourth-order valence-electron chi connectivity index (χ4n) is 1.12. The highest BCUT2D eigenvalue weighted by Crippen LogP contribution is 2.86. The maximum Gasteiger partial charge on any atom is 0.190 e. The Hall–Kier alpha value is -0.0100. The largest absolute Gasteiger partial charge is 0.452 e. The van der Waals surface area contributed by atoms with E-state index in [9.17, 15) is 0 Å². The quantitative estimate of drug-likeness (QED) is 0.652. The van der Waals surface area contributed by atoms with Crippen LogP contribution in [0.5, 0.6) is 5.75 Å². The molecule has 1 aliphatic rings. The van der Waals surface area contributed by atoms with Crippen molar-refractivity contribution in [3.8, 4) is 11.8 Å². The van der Waals surface area contributed by atoms with Crippen LogP contribution in [0.4, 0.5) is 0 Å². The summed E-state index contributed by atoms with van der Waals surface area (Å²) in [4.78, 5) is 0. The van der Waals surface area contributed by atoms with E-state index in [1.54, 1.807) is 34.9 Å². The first-order chi connectivity index (χ1) is 7.22. The fraction of sp³-hybridized carbons (Fsp3) is 0.222. The Morgan fingerprint density at radius 3 is 2.40 bits per heavy atom. The molecule has 0 spiro atoms. The lowest BCUT2D eigenvalue weighted by Crippen LogP contribution is -1.85. The van der Waals surface area contributed by atoms with Gasteiger partial charge in [-0.3, -0.25) is 0 Å². The molecule has 1 aromatic carbocycles. The Balaban J connectivity index is 2.08. The molecule has 79 valence electrons. The number of hydrogen-bond acceptors (Lipinski definition) is 5. The molecule has 15 heavy (non-hydrogen) atoms. The van der Waals surface area contributed by atoms with Crippen LogP contribution in [0.25, 0.3) is 0 Å². The lowest BCUT2D eigenvalue weighted by atomic mass is 10.2. The van der Waals surface area contributed by atoms with Crippen molar-refractivity contribution in [2.75, 3.05) is 11.5 Å². The first-order valence-electron chi connectivity index (χ1n) is 4.32. The molecule has 0 amide bonds. The normalized spacial score (nSPS) is 18.4. The van der Waals surface area contributed by atoms with Crippen LogP contribution in [0.15, 0.2) is 24.3 Å². The van der Waals surface area contributed by atoms with Gasteiger partial charge in [-0.2, -0.15) is 5.26 Å². The molecule has 1 aromatic rings. The predicted octanol–water partition coefficient (Wildman–Crippen LogP) is 4.02. The van der Waals surface area contributed by atoms with Crippen molar-refractivity contribution in [1.29, 1.82) is 5.26 Å². The van der Waals surface area contributed by atoms with E-state index in [4.69, 9.17) is 9.79 Å². The van der Waals surface area contributed by atoms with Crippen LogP contribution in [-0.4, -0.2) is 11.5 Å². The molecule has 1 saturated heterocycles. The van der Waals surface area contributed by atoms with Crippen molar-refractivity contribution < 1.29 is 4.52 Å². The summed E-state index contributed by atoms with van der Waals surface area (Å²) in [5, 5.41) is 7.04. The maximum atomic E-state index is 8.66. The number of hydrogen-bond donors (Lipinski definition) is 1. The third-order valence-electron chi connectivity index (χ3n) is 1.80. The Kier molecular flexibility index (Phi) is 3.73. The number of nitrogens with zero attached hydrogens (tertiary/aromatic N) is 1. The second-order valence-electron chi connectivity index (χ2n) is 2.86. The summed E-state index contributed by atoms with van der Waals surface area (Å²) in [6.07, 6.45) is 0. The lowest BCUT2D eigenvalue weighted by Gasteiger charge is -2.23. The topological polar surface area (TPSA) is 33.0 Å². The molecule has 0 N–H and O–H groups in total. The lowest BCUT2D eigenvalue weighted by molar-refractivity contribution is 0.636. The molecule has 0 bridgehead atoms. The van der Waals surface area contributed by atoms with Gasteiger partial charge < -0.3 is 4.52 Å². The molecule has 6 heteroatoms. The first-order valence-corrected chi connectivity index (χ1v) is 10.4. The zero-order valence-electron chi connectivity index (χ0n) is 7.79. The highest BCUT2D eigenvalue weighted by Gasteiger charge is 2.32. The second kappa shape index (κ2) is 4.88. The van der Waals surface area contributed by atoms with Crippen LogP contribution in [0, 0.1) is 11.3 Å². The van der Waals surface area contributed by atoms with Crippen molar-refractivity contribution in [2.45, 2.75) is 0 Å². The van der Waals surface area contributed by atoms with Crippen molar-refractivity contribution in [3.05, 3.63) is 29.8 Å². The SMILES string of the molecule is N#Cc1ccc(O[P]2(S)SCCS2)cc1. The summed E-state index contributed by atoms with van der Waals surface area (Å²) < 4.78 is 5.85. The average Bonchev–Trinajstić information content (AvgIpc) is 2.66. The van der Waals surface area contributed by atoms with Crippen molar-refractivity contribution in [1.82, 2.24) is 0 Å². The zero-order valence-corrected chi connectivity index (χ0v) is 11.2. The third-order valence-corrected chi connectivity index (χ3v) is 11.6. The molecule has 1 heterocycles. The van der Waals surface area contributed by atoms with E-state index in [-0.39, 0.29) is 0 Å². The summed E-state index contributed by atoms with van der Waals surface area (Å²) in [7, 11) is 0. The molecule has 0 saturated carbocycles. The van der Waals surface area contributed by atoms with E-state index in [0.29, 0.717) is 5.56 Å². The summed E-state index contributed by atoms with van der Waals surface area (Å²) in [6, 6.07) is 9.27. The molecule has 1 fully saturated rings. The van der Waals surface area contributed by atoms with Crippen LogP contribution in [0.1, 0.15) is 5.56 Å². The average molecular weight is 274 g/mol. The molecule has 1 radical (unpaired) electrons. The summed E-state index contributed by atoms with van der Waals surface area (Å²) in [5.74, 6) is 3.02. The van der Waals surface area contributed by atoms with Gasteiger partial charge in [0.05, 0.1) is 11.6 Å². The van der Waals surface area contributed by atoms with Gasteiger partial charge in [-0.25, -0.2) is 0 Å². The monoisotopic (exact) mass is 274 g/mol. The molecule has 0 atom stereocenters. The zero-order chi connectivity index (χ0) is 10.7. The molecule has 2 rings (SSSR count). The molecule has 0 unspecified atom stereocenters. The van der Waals surface area contributed by atoms with Crippen LogP contribution >= 0.6 is 40.1 Å². The van der Waals surface area contributed by atoms with Gasteiger partial charge in [-0.05, 0) is 24.3 Å². The minimum absolute atomic E-state index is 0.653. The fourth-order valence-corrected chi connectivity index (χ4v) is 10.3. The molecule has 1 aliphatic heterocycles. The summed E-state index contributed by atoms with van der Waals surface area (Å²) in [6.45, 7) is 0. The van der Waals surface area contributed by atoms with E-state index < -0.39 is 5.10 Å². The van der Waals surface area contributed by atoms with Crippen LogP contribution < -0.4 is 4.52 Å². The van der Waals surface area contributed by atoms with Crippen LogP contribution in [0.3, 0.4) is 0 Å². The van der Waals surface area contributed by atoms with Crippen LogP contribution in [-0.2, 0) is 0 Å². The van der Waals surface area contributed by atoms with Gasteiger partial charge in [0.25, 0.3) is 0 Å². The Morgan fingerprint density at radius 2 is 1.87 bits per heavy atom. The van der Waals surface area contributed by atoms with E-state index in [1.165, 1.54) is 0 Å². The first kappa shape index (κ1) is 11.5. The third kappa shape index (κ3) is 2.98. The molecule has 2 nitrogen and oxygen atoms in total. The van der Waals surface area contributed by atoms with E-state index in [2.05, 4.69) is 18.3 Å². The molecular formula is C9H9NOPS3. The van der Waals surface area contributed by atoms with Crippen LogP contribution in [0.2, 0.25) is 0 Å². The maximum absolute atomic E-state index is 8.66. The summed E-state index contributed by atoms with van der Waals surface area (Å²) in [5.41, 5.74) is 0.653. The second-order valence-corrected chi connectivity index (χ2v) is 14.0. The van der Waals surface area contributed by atoms with Gasteiger partial charge in [0.2, 0.25) is 0 Å². The van der Waals surface area contributed by atoms with E-state index in [1.807, 2.05) is 12.1 Å². The van der Waals surface area contributed by atoms with Crippen molar-refractivity contribution >= 4 is 40.1 Å². The smallest absolute Gasteiger partial charge is 0.190 e. The molecule has 0 aliphatic carbocycles. The Labute approximate surface area is 103 Å². The van der Waals surface area contributed by atoms with Gasteiger partial charge >= 0.3 is 0 Å². The summed E-state index contributed by atoms with van der Waals surface area (Å²) >= 11 is 8.19. The van der Waals surface area contributed by atoms with Crippen molar-refractivity contribution in [3.63, 3.8) is 0 Å². The van der Waals surface area contributed by atoms with Gasteiger partial charge in [-0.1, -0.05) is 35.0 Å². The Morgan fingerprint density at radius 1 is 1.27 bits per heavy atom. The number of benzene rings is 1. The highest BCUT2D eigenvalue weighted by molar-refractivity contribution is 9.15. The van der Waals surface area contributed by atoms with E-state index in [0.717, 1.165) is 17.3 Å². The van der Waals surface area contributed by atoms with E-state index >= 15 is 0 Å². The number of rotatable bonds is 2. The van der Waals surface area contributed by atoms with Gasteiger partial charge in [-0.15, -0.1) is 0 Å². The highest BCUT2D eigenvalue weighted by atomic mass is 33.4. The number of thiol groups is 1. The predicted molar refractivity (Wildman–Crippen MR) is 72.6 cm³/mol. The Bertz CT molecular complexity index is 383. The molecular weight excluding hydrogens is 265 g/mol. The number of nitriles is 1. The molecule has 0 aromatic heterocycles. The minimum atomic E-state index is -1.62.